The van der Waals surface area contributed by atoms with Gasteiger partial charge < -0.3 is 9.47 Å². The highest BCUT2D eigenvalue weighted by atomic mass is 35.5. The van der Waals surface area contributed by atoms with Crippen molar-refractivity contribution in [1.29, 1.82) is 0 Å². The van der Waals surface area contributed by atoms with Crippen LogP contribution in [0.5, 0.6) is 5.75 Å². The van der Waals surface area contributed by atoms with Gasteiger partial charge in [-0.15, -0.1) is 12.4 Å². The standard InChI is InChI=1S/C23H23N5O3S.ClH/c1-30-17-3-5-21-20(15-17)26-23(32-21)28(9-8-27-10-12-31-13-11-27)22(29)16-2-4-18-19(14-16)25-7-6-24-18;/h2-7,14-15H,8-13H2,1H3;1H. The lowest BCUT2D eigenvalue weighted by molar-refractivity contribution is 0.0391. The average molecular weight is 486 g/mol. The number of anilines is 1. The van der Waals surface area contributed by atoms with E-state index in [0.29, 0.717) is 22.8 Å². The molecule has 1 aliphatic rings. The van der Waals surface area contributed by atoms with Crippen molar-refractivity contribution in [2.45, 2.75) is 0 Å². The second-order valence-corrected chi connectivity index (χ2v) is 8.51. The molecule has 5 rings (SSSR count). The van der Waals surface area contributed by atoms with Crippen LogP contribution < -0.4 is 9.64 Å². The third-order valence-corrected chi connectivity index (χ3v) is 6.58. The fourth-order valence-corrected chi connectivity index (χ4v) is 4.71. The minimum atomic E-state index is -0.100. The molecule has 0 bridgehead atoms. The van der Waals surface area contributed by atoms with Gasteiger partial charge in [0.05, 0.1) is 41.6 Å². The van der Waals surface area contributed by atoms with E-state index in [2.05, 4.69) is 14.9 Å². The zero-order valence-corrected chi connectivity index (χ0v) is 19.8. The van der Waals surface area contributed by atoms with Gasteiger partial charge in [-0.3, -0.25) is 24.6 Å². The van der Waals surface area contributed by atoms with E-state index in [4.69, 9.17) is 14.5 Å². The van der Waals surface area contributed by atoms with E-state index in [-0.39, 0.29) is 18.3 Å². The SMILES string of the molecule is COc1ccc2sc(N(CCN3CCOCC3)C(=O)c3ccc4nccnc4c3)nc2c1.Cl. The van der Waals surface area contributed by atoms with Gasteiger partial charge in [0.2, 0.25) is 0 Å². The van der Waals surface area contributed by atoms with Crippen LogP contribution in [0.25, 0.3) is 21.3 Å². The van der Waals surface area contributed by atoms with E-state index in [1.165, 1.54) is 11.3 Å². The predicted molar refractivity (Wildman–Crippen MR) is 132 cm³/mol. The lowest BCUT2D eigenvalue weighted by Gasteiger charge is -2.29. The Morgan fingerprint density at radius 3 is 2.67 bits per heavy atom. The molecule has 0 saturated carbocycles. The number of ether oxygens (including phenoxy) is 2. The molecule has 8 nitrogen and oxygen atoms in total. The van der Waals surface area contributed by atoms with Crippen LogP contribution in [-0.4, -0.2) is 72.3 Å². The fourth-order valence-electron chi connectivity index (χ4n) is 3.74. The Labute approximate surface area is 201 Å². The molecule has 2 aromatic carbocycles. The van der Waals surface area contributed by atoms with Crippen molar-refractivity contribution < 1.29 is 14.3 Å². The minimum Gasteiger partial charge on any atom is -0.497 e. The number of thiazole rings is 1. The molecule has 0 N–H and O–H groups in total. The summed E-state index contributed by atoms with van der Waals surface area (Å²) in [5, 5.41) is 0.672. The van der Waals surface area contributed by atoms with Crippen LogP contribution >= 0.6 is 23.7 Å². The van der Waals surface area contributed by atoms with E-state index in [0.717, 1.165) is 54.3 Å². The largest absolute Gasteiger partial charge is 0.497 e. The second-order valence-electron chi connectivity index (χ2n) is 7.50. The monoisotopic (exact) mass is 485 g/mol. The molecule has 0 spiro atoms. The zero-order chi connectivity index (χ0) is 21.9. The van der Waals surface area contributed by atoms with Gasteiger partial charge in [-0.1, -0.05) is 11.3 Å². The van der Waals surface area contributed by atoms with E-state index in [9.17, 15) is 4.79 Å². The number of morpholine rings is 1. The summed E-state index contributed by atoms with van der Waals surface area (Å²) >= 11 is 1.51. The summed E-state index contributed by atoms with van der Waals surface area (Å²) in [6.45, 7) is 4.46. The second kappa shape index (κ2) is 10.4. The van der Waals surface area contributed by atoms with Crippen molar-refractivity contribution in [1.82, 2.24) is 19.9 Å². The summed E-state index contributed by atoms with van der Waals surface area (Å²) in [6.07, 6.45) is 3.28. The Balaban J connectivity index is 0.00000259. The number of hydrogen-bond donors (Lipinski definition) is 0. The van der Waals surface area contributed by atoms with Crippen molar-refractivity contribution in [2.75, 3.05) is 51.4 Å². The molecule has 0 aliphatic carbocycles. The van der Waals surface area contributed by atoms with E-state index >= 15 is 0 Å². The van der Waals surface area contributed by atoms with Crippen LogP contribution in [0.3, 0.4) is 0 Å². The Hall–Kier alpha value is -2.85. The summed E-state index contributed by atoms with van der Waals surface area (Å²) in [7, 11) is 1.63. The number of halogens is 1. The number of hydrogen-bond acceptors (Lipinski definition) is 8. The third-order valence-electron chi connectivity index (χ3n) is 5.52. The molecule has 0 radical (unpaired) electrons. The minimum absolute atomic E-state index is 0. The Kier molecular flexibility index (Phi) is 7.34. The van der Waals surface area contributed by atoms with Gasteiger partial charge in [-0.2, -0.15) is 0 Å². The summed E-state index contributed by atoms with van der Waals surface area (Å²) in [5.41, 5.74) is 2.84. The first-order valence-corrected chi connectivity index (χ1v) is 11.3. The molecule has 1 aliphatic heterocycles. The van der Waals surface area contributed by atoms with Crippen LogP contribution in [0, 0.1) is 0 Å². The van der Waals surface area contributed by atoms with Gasteiger partial charge in [-0.25, -0.2) is 4.98 Å². The average Bonchev–Trinajstić information content (AvgIpc) is 3.27. The van der Waals surface area contributed by atoms with Crippen LogP contribution in [-0.2, 0) is 4.74 Å². The predicted octanol–water partition coefficient (Wildman–Crippen LogP) is 3.65. The van der Waals surface area contributed by atoms with Crippen LogP contribution in [0.2, 0.25) is 0 Å². The van der Waals surface area contributed by atoms with Crippen molar-refractivity contribution in [3.05, 3.63) is 54.4 Å². The lowest BCUT2D eigenvalue weighted by atomic mass is 10.1. The molecular weight excluding hydrogens is 462 g/mol. The summed E-state index contributed by atoms with van der Waals surface area (Å²) < 4.78 is 11.8. The first-order chi connectivity index (χ1) is 15.7. The Bertz CT molecular complexity index is 1260. The number of amides is 1. The van der Waals surface area contributed by atoms with Gasteiger partial charge in [-0.05, 0) is 30.3 Å². The quantitative estimate of drug-likeness (QED) is 0.412. The molecule has 2 aromatic heterocycles. The number of benzene rings is 2. The maximum atomic E-state index is 13.6. The van der Waals surface area contributed by atoms with Crippen molar-refractivity contribution in [3.63, 3.8) is 0 Å². The summed E-state index contributed by atoms with van der Waals surface area (Å²) in [5.74, 6) is 0.644. The van der Waals surface area contributed by atoms with Gasteiger partial charge in [0.25, 0.3) is 5.91 Å². The molecule has 0 atom stereocenters. The maximum Gasteiger partial charge on any atom is 0.260 e. The maximum absolute atomic E-state index is 13.6. The molecule has 10 heteroatoms. The van der Waals surface area contributed by atoms with Gasteiger partial charge in [0, 0.05) is 50.2 Å². The number of nitrogens with zero attached hydrogens (tertiary/aromatic N) is 5. The molecule has 1 amide bonds. The van der Waals surface area contributed by atoms with Gasteiger partial charge in [0.15, 0.2) is 5.13 Å². The van der Waals surface area contributed by atoms with Crippen LogP contribution in [0.15, 0.2) is 48.8 Å². The van der Waals surface area contributed by atoms with Gasteiger partial charge in [0.1, 0.15) is 5.75 Å². The number of methoxy groups -OCH3 is 1. The van der Waals surface area contributed by atoms with Crippen molar-refractivity contribution >= 4 is 56.0 Å². The molecule has 0 unspecified atom stereocenters. The first-order valence-electron chi connectivity index (χ1n) is 10.5. The third kappa shape index (κ3) is 5.06. The normalized spacial score (nSPS) is 14.2. The molecule has 33 heavy (non-hydrogen) atoms. The van der Waals surface area contributed by atoms with Gasteiger partial charge >= 0.3 is 0 Å². The Morgan fingerprint density at radius 1 is 1.09 bits per heavy atom. The van der Waals surface area contributed by atoms with Crippen LogP contribution in [0.4, 0.5) is 5.13 Å². The van der Waals surface area contributed by atoms with Crippen LogP contribution in [0.1, 0.15) is 10.4 Å². The smallest absolute Gasteiger partial charge is 0.260 e. The number of carbonyl (C=O) groups is 1. The van der Waals surface area contributed by atoms with Crippen molar-refractivity contribution in [3.8, 4) is 5.75 Å². The molecular formula is C23H24ClN5O3S. The van der Waals surface area contributed by atoms with E-state index in [1.54, 1.807) is 36.5 Å². The molecule has 172 valence electrons. The highest BCUT2D eigenvalue weighted by molar-refractivity contribution is 7.22. The summed E-state index contributed by atoms with van der Waals surface area (Å²) in [4.78, 5) is 31.1. The fraction of sp³-hybridized carbons (Fsp3) is 0.304. The van der Waals surface area contributed by atoms with E-state index in [1.807, 2.05) is 24.3 Å². The molecule has 3 heterocycles. The number of aromatic nitrogens is 3. The number of rotatable bonds is 6. The van der Waals surface area contributed by atoms with Crippen molar-refractivity contribution in [2.24, 2.45) is 0 Å². The number of carbonyl (C=O) groups excluding carboxylic acids is 1. The molecule has 4 aromatic rings. The molecule has 1 fully saturated rings. The summed E-state index contributed by atoms with van der Waals surface area (Å²) in [6, 6.07) is 11.2. The number of fused-ring (bicyclic) bond motifs is 2. The highest BCUT2D eigenvalue weighted by Crippen LogP contribution is 2.32. The van der Waals surface area contributed by atoms with E-state index < -0.39 is 0 Å². The topological polar surface area (TPSA) is 80.7 Å². The molecule has 1 saturated heterocycles. The lowest BCUT2D eigenvalue weighted by Crippen LogP contribution is -2.43. The Morgan fingerprint density at radius 2 is 1.88 bits per heavy atom. The first kappa shape index (κ1) is 23.3. The highest BCUT2D eigenvalue weighted by Gasteiger charge is 2.23. The zero-order valence-electron chi connectivity index (χ0n) is 18.1.